The van der Waals surface area contributed by atoms with Gasteiger partial charge in [0.25, 0.3) is 0 Å². The number of hydrogen-bond donors (Lipinski definition) is 0. The quantitative estimate of drug-likeness (QED) is 0.851. The van der Waals surface area contributed by atoms with E-state index in [1.54, 1.807) is 0 Å². The van der Waals surface area contributed by atoms with Crippen molar-refractivity contribution in [3.8, 4) is 0 Å². The average Bonchev–Trinajstić information content (AvgIpc) is 2.87. The van der Waals surface area contributed by atoms with Crippen molar-refractivity contribution in [3.63, 3.8) is 0 Å². The van der Waals surface area contributed by atoms with E-state index in [0.717, 1.165) is 17.1 Å². The van der Waals surface area contributed by atoms with E-state index in [9.17, 15) is 17.2 Å². The summed E-state index contributed by atoms with van der Waals surface area (Å²) in [6.07, 6.45) is 1.06. The maximum Gasteiger partial charge on any atom is 0.195 e. The topological polar surface area (TPSA) is 77.7 Å². The fourth-order valence-electron chi connectivity index (χ4n) is 1.72. The Hall–Kier alpha value is -1.90. The normalized spacial score (nSPS) is 12.6. The van der Waals surface area contributed by atoms with Gasteiger partial charge in [0, 0.05) is 11.8 Å². The first-order valence-corrected chi connectivity index (χ1v) is 8.34. The molecule has 0 bridgehead atoms. The van der Waals surface area contributed by atoms with Gasteiger partial charge in [-0.3, -0.25) is 0 Å². The van der Waals surface area contributed by atoms with Gasteiger partial charge in [-0.1, -0.05) is 6.07 Å². The molecule has 1 aromatic heterocycles. The molecule has 2 rings (SSSR count). The van der Waals surface area contributed by atoms with E-state index in [0.29, 0.717) is 5.56 Å². The molecular formula is C13H16F2N4O2S. The zero-order valence-electron chi connectivity index (χ0n) is 12.6. The van der Waals surface area contributed by atoms with Crippen LogP contribution in [0.3, 0.4) is 0 Å². The predicted octanol–water partition coefficient (Wildman–Crippen LogP) is 1.59. The van der Waals surface area contributed by atoms with Crippen LogP contribution in [0.1, 0.15) is 30.8 Å². The second-order valence-corrected chi connectivity index (χ2v) is 8.15. The molecule has 0 aliphatic heterocycles. The van der Waals surface area contributed by atoms with Gasteiger partial charge in [-0.05, 0) is 37.6 Å². The van der Waals surface area contributed by atoms with Crippen LogP contribution in [0, 0.1) is 18.6 Å². The number of nitrogens with zero attached hydrogens (tertiary/aromatic N) is 4. The van der Waals surface area contributed by atoms with Gasteiger partial charge in [-0.15, -0.1) is 10.2 Å². The molecule has 6 nitrogen and oxygen atoms in total. The summed E-state index contributed by atoms with van der Waals surface area (Å²) in [5.74, 6) is -1.42. The predicted molar refractivity (Wildman–Crippen MR) is 75.9 cm³/mol. The summed E-state index contributed by atoms with van der Waals surface area (Å²) in [5.41, 5.74) is 0.106. The van der Waals surface area contributed by atoms with Crippen molar-refractivity contribution in [3.05, 3.63) is 40.7 Å². The summed E-state index contributed by atoms with van der Waals surface area (Å²) in [6.45, 7) is 4.13. The monoisotopic (exact) mass is 330 g/mol. The number of hydrogen-bond acceptors (Lipinski definition) is 5. The molecule has 1 heterocycles. The van der Waals surface area contributed by atoms with Crippen molar-refractivity contribution < 1.29 is 17.2 Å². The smallest absolute Gasteiger partial charge is 0.195 e. The molecule has 0 radical (unpaired) electrons. The van der Waals surface area contributed by atoms with E-state index < -0.39 is 26.2 Å². The molecule has 120 valence electrons. The van der Waals surface area contributed by atoms with E-state index >= 15 is 0 Å². The van der Waals surface area contributed by atoms with Crippen molar-refractivity contribution in [2.45, 2.75) is 32.1 Å². The van der Waals surface area contributed by atoms with Crippen molar-refractivity contribution in [1.29, 1.82) is 0 Å². The SMILES string of the molecule is Cc1ccc(F)c(Cn2nnc(C(C)(C)S(C)(=O)=O)n2)c1F. The summed E-state index contributed by atoms with van der Waals surface area (Å²) in [5, 5.41) is 11.3. The highest BCUT2D eigenvalue weighted by Crippen LogP contribution is 2.25. The van der Waals surface area contributed by atoms with Gasteiger partial charge in [0.15, 0.2) is 15.7 Å². The Morgan fingerprint density at radius 2 is 1.91 bits per heavy atom. The number of tetrazole rings is 1. The van der Waals surface area contributed by atoms with E-state index in [1.807, 2.05) is 0 Å². The second kappa shape index (κ2) is 5.38. The van der Waals surface area contributed by atoms with Gasteiger partial charge < -0.3 is 0 Å². The minimum Gasteiger partial charge on any atom is -0.228 e. The number of aryl methyl sites for hydroxylation is 1. The first-order chi connectivity index (χ1) is 10.0. The first kappa shape index (κ1) is 16.5. The molecular weight excluding hydrogens is 314 g/mol. The van der Waals surface area contributed by atoms with Gasteiger partial charge in [-0.2, -0.15) is 4.80 Å². The van der Waals surface area contributed by atoms with Crippen LogP contribution in [0.15, 0.2) is 12.1 Å². The number of benzene rings is 1. The lowest BCUT2D eigenvalue weighted by molar-refractivity contribution is 0.496. The highest BCUT2D eigenvalue weighted by molar-refractivity contribution is 7.91. The minimum absolute atomic E-state index is 0.0246. The molecule has 0 unspecified atom stereocenters. The lowest BCUT2D eigenvalue weighted by atomic mass is 10.1. The third-order valence-corrected chi connectivity index (χ3v) is 5.63. The van der Waals surface area contributed by atoms with E-state index in [1.165, 1.54) is 26.8 Å². The van der Waals surface area contributed by atoms with Crippen molar-refractivity contribution in [2.75, 3.05) is 6.26 Å². The number of aromatic nitrogens is 4. The summed E-state index contributed by atoms with van der Waals surface area (Å²) in [7, 11) is -3.46. The Balaban J connectivity index is 2.37. The maximum absolute atomic E-state index is 14.0. The molecule has 0 saturated heterocycles. The molecule has 0 spiro atoms. The van der Waals surface area contributed by atoms with Crippen molar-refractivity contribution in [1.82, 2.24) is 20.2 Å². The molecule has 1 aromatic carbocycles. The standard InChI is InChI=1S/C13H16F2N4O2S/c1-8-5-6-10(14)9(11(8)15)7-19-17-12(16-18-19)13(2,3)22(4,20)21/h5-6H,7H2,1-4H3. The number of halogens is 2. The fraction of sp³-hybridized carbons (Fsp3) is 0.462. The molecule has 9 heteroatoms. The zero-order chi connectivity index (χ0) is 16.7. The summed E-state index contributed by atoms with van der Waals surface area (Å²) in [4.78, 5) is 0.975. The molecule has 2 aromatic rings. The Bertz CT molecular complexity index is 815. The molecule has 22 heavy (non-hydrogen) atoms. The largest absolute Gasteiger partial charge is 0.228 e. The van der Waals surface area contributed by atoms with Crippen LogP contribution >= 0.6 is 0 Å². The van der Waals surface area contributed by atoms with Crippen LogP contribution in [0.5, 0.6) is 0 Å². The van der Waals surface area contributed by atoms with Crippen LogP contribution < -0.4 is 0 Å². The fourth-order valence-corrected chi connectivity index (χ4v) is 2.13. The highest BCUT2D eigenvalue weighted by atomic mass is 32.2. The van der Waals surface area contributed by atoms with Gasteiger partial charge >= 0.3 is 0 Å². The van der Waals surface area contributed by atoms with E-state index in [4.69, 9.17) is 0 Å². The van der Waals surface area contributed by atoms with E-state index in [2.05, 4.69) is 15.4 Å². The lowest BCUT2D eigenvalue weighted by Gasteiger charge is -2.17. The van der Waals surface area contributed by atoms with Gasteiger partial charge in [0.05, 0.1) is 6.54 Å². The van der Waals surface area contributed by atoms with E-state index in [-0.39, 0.29) is 17.9 Å². The molecule has 0 fully saturated rings. The zero-order valence-corrected chi connectivity index (χ0v) is 13.4. The van der Waals surface area contributed by atoms with Crippen LogP contribution in [-0.2, 0) is 21.1 Å². The first-order valence-electron chi connectivity index (χ1n) is 6.45. The Labute approximate surface area is 127 Å². The Morgan fingerprint density at radius 3 is 2.50 bits per heavy atom. The van der Waals surface area contributed by atoms with Crippen LogP contribution in [0.2, 0.25) is 0 Å². The molecule has 0 aliphatic rings. The van der Waals surface area contributed by atoms with Crippen molar-refractivity contribution >= 4 is 9.84 Å². The third-order valence-electron chi connectivity index (χ3n) is 3.60. The lowest BCUT2D eigenvalue weighted by Crippen LogP contribution is -2.29. The highest BCUT2D eigenvalue weighted by Gasteiger charge is 2.37. The Kier molecular flexibility index (Phi) is 4.03. The molecule has 0 aliphatic carbocycles. The van der Waals surface area contributed by atoms with Crippen LogP contribution in [0.25, 0.3) is 0 Å². The molecule has 0 N–H and O–H groups in total. The molecule has 0 amide bonds. The number of sulfone groups is 1. The van der Waals surface area contributed by atoms with Gasteiger partial charge in [0.1, 0.15) is 16.4 Å². The third kappa shape index (κ3) is 2.85. The molecule has 0 saturated carbocycles. The van der Waals surface area contributed by atoms with Gasteiger partial charge in [0.2, 0.25) is 0 Å². The molecule has 0 atom stereocenters. The van der Waals surface area contributed by atoms with Crippen molar-refractivity contribution in [2.24, 2.45) is 0 Å². The maximum atomic E-state index is 14.0. The second-order valence-electron chi connectivity index (χ2n) is 5.58. The van der Waals surface area contributed by atoms with Crippen LogP contribution in [-0.4, -0.2) is 34.9 Å². The summed E-state index contributed by atoms with van der Waals surface area (Å²) >= 11 is 0. The summed E-state index contributed by atoms with van der Waals surface area (Å²) < 4.78 is 49.8. The summed E-state index contributed by atoms with van der Waals surface area (Å²) in [6, 6.07) is 2.49. The van der Waals surface area contributed by atoms with Gasteiger partial charge in [-0.25, -0.2) is 17.2 Å². The minimum atomic E-state index is -3.46. The Morgan fingerprint density at radius 1 is 1.27 bits per heavy atom. The number of rotatable bonds is 4. The van der Waals surface area contributed by atoms with Crippen LogP contribution in [0.4, 0.5) is 8.78 Å². The average molecular weight is 330 g/mol.